The van der Waals surface area contributed by atoms with Crippen LogP contribution in [0.4, 0.5) is 0 Å². The van der Waals surface area contributed by atoms with Crippen molar-refractivity contribution in [3.05, 3.63) is 30.3 Å². The lowest BCUT2D eigenvalue weighted by Crippen LogP contribution is -2.54. The predicted molar refractivity (Wildman–Crippen MR) is 148 cm³/mol. The summed E-state index contributed by atoms with van der Waals surface area (Å²) in [5, 5.41) is 21.0. The maximum absolute atomic E-state index is 14.0. The number of ether oxygens (including phenoxy) is 1. The molecule has 5 aliphatic rings. The Balaban J connectivity index is 1.25. The van der Waals surface area contributed by atoms with Crippen molar-refractivity contribution in [2.24, 2.45) is 40.4 Å². The van der Waals surface area contributed by atoms with E-state index in [2.05, 4.69) is 13.8 Å². The summed E-state index contributed by atoms with van der Waals surface area (Å²) in [4.78, 5) is 0.377. The number of hydrogen-bond acceptors (Lipinski definition) is 5. The molecule has 0 bridgehead atoms. The van der Waals surface area contributed by atoms with Gasteiger partial charge in [0, 0.05) is 13.0 Å². The van der Waals surface area contributed by atoms with E-state index in [1.807, 2.05) is 6.07 Å². The van der Waals surface area contributed by atoms with Crippen molar-refractivity contribution in [1.82, 2.24) is 0 Å². The van der Waals surface area contributed by atoms with E-state index in [1.54, 1.807) is 24.3 Å². The van der Waals surface area contributed by atoms with E-state index in [4.69, 9.17) is 4.74 Å². The van der Waals surface area contributed by atoms with Crippen LogP contribution in [-0.2, 0) is 14.6 Å². The number of hydrogen-bond donors (Lipinski definition) is 2. The van der Waals surface area contributed by atoms with Crippen LogP contribution in [0.5, 0.6) is 0 Å². The zero-order chi connectivity index (χ0) is 26.8. The summed E-state index contributed by atoms with van der Waals surface area (Å²) in [6.07, 6.45) is 11.6. The molecular formula is C32H48O5S. The lowest BCUT2D eigenvalue weighted by molar-refractivity contribution is -0.127. The van der Waals surface area contributed by atoms with E-state index in [0.29, 0.717) is 47.5 Å². The Kier molecular flexibility index (Phi) is 7.06. The summed E-state index contributed by atoms with van der Waals surface area (Å²) in [6.45, 7) is 5.74. The van der Waals surface area contributed by atoms with Crippen LogP contribution in [0.1, 0.15) is 90.9 Å². The monoisotopic (exact) mass is 544 g/mol. The fourth-order valence-corrected chi connectivity index (χ4v) is 12.3. The third-order valence-electron chi connectivity index (χ3n) is 12.6. The van der Waals surface area contributed by atoms with E-state index in [9.17, 15) is 18.6 Å². The van der Waals surface area contributed by atoms with Crippen LogP contribution in [0.3, 0.4) is 0 Å². The molecular weight excluding hydrogens is 496 g/mol. The summed E-state index contributed by atoms with van der Waals surface area (Å²) in [5.41, 5.74) is -0.536. The van der Waals surface area contributed by atoms with Gasteiger partial charge in [-0.1, -0.05) is 32.0 Å². The van der Waals surface area contributed by atoms with Crippen molar-refractivity contribution in [2.45, 2.75) is 113 Å². The largest absolute Gasteiger partial charge is 0.393 e. The lowest BCUT2D eigenvalue weighted by Gasteiger charge is -2.61. The molecule has 5 nitrogen and oxygen atoms in total. The van der Waals surface area contributed by atoms with Crippen LogP contribution in [0.15, 0.2) is 35.2 Å². The Morgan fingerprint density at radius 2 is 1.68 bits per heavy atom. The molecule has 6 rings (SSSR count). The fourth-order valence-electron chi connectivity index (χ4n) is 10.4. The van der Waals surface area contributed by atoms with Gasteiger partial charge in [-0.3, -0.25) is 0 Å². The minimum absolute atomic E-state index is 0.113. The maximum Gasteiger partial charge on any atom is 0.181 e. The highest BCUT2D eigenvalue weighted by Crippen LogP contribution is 2.68. The minimum atomic E-state index is -3.57. The molecule has 1 aliphatic heterocycles. The van der Waals surface area contributed by atoms with Gasteiger partial charge in [0.05, 0.1) is 28.5 Å². The van der Waals surface area contributed by atoms with E-state index in [1.165, 1.54) is 32.1 Å². The van der Waals surface area contributed by atoms with Crippen LogP contribution in [-0.4, -0.2) is 48.8 Å². The molecule has 8 unspecified atom stereocenters. The van der Waals surface area contributed by atoms with Gasteiger partial charge in [0.1, 0.15) is 0 Å². The average Bonchev–Trinajstić information content (AvgIpc) is 3.47. The van der Waals surface area contributed by atoms with Crippen LogP contribution in [0, 0.1) is 40.4 Å². The standard InChI is InChI=1S/C32H48O5S/c1-30-14-12-24(33)18-22(30)8-10-27-28-11-9-23(31(28,2)15-13-29(27)30)19-26(20-32(34)16-17-37-21-32)38(35,36)25-6-4-3-5-7-25/h3-7,22-24,26-29,33-34H,8-21H2,1-2H3/t22?,23-,24?,26?,27+,28?,29?,30?,31?,32?/m1/s1. The van der Waals surface area contributed by atoms with Crippen molar-refractivity contribution in [2.75, 3.05) is 13.2 Å². The molecule has 10 atom stereocenters. The Bertz CT molecular complexity index is 1100. The van der Waals surface area contributed by atoms with Gasteiger partial charge in [-0.25, -0.2) is 8.42 Å². The second kappa shape index (κ2) is 9.85. The highest BCUT2D eigenvalue weighted by Gasteiger charge is 2.60. The SMILES string of the molecule is CC12CCC(O)CC1CC[C@@H]1C2CCC2(C)C1CC[C@@H]2CC(CC1(O)CCOC1)S(=O)(=O)c1ccccc1. The van der Waals surface area contributed by atoms with Crippen LogP contribution in [0.2, 0.25) is 0 Å². The van der Waals surface area contributed by atoms with Gasteiger partial charge in [0.25, 0.3) is 0 Å². The van der Waals surface area contributed by atoms with E-state index < -0.39 is 20.7 Å². The molecule has 1 saturated heterocycles. The second-order valence-corrected chi connectivity index (χ2v) is 16.6. The summed E-state index contributed by atoms with van der Waals surface area (Å²) in [6, 6.07) is 8.87. The van der Waals surface area contributed by atoms with E-state index in [-0.39, 0.29) is 24.5 Å². The Labute approximate surface area is 229 Å². The van der Waals surface area contributed by atoms with Crippen molar-refractivity contribution in [3.63, 3.8) is 0 Å². The van der Waals surface area contributed by atoms with Crippen molar-refractivity contribution in [1.29, 1.82) is 0 Å². The van der Waals surface area contributed by atoms with Gasteiger partial charge >= 0.3 is 0 Å². The quantitative estimate of drug-likeness (QED) is 0.474. The third-order valence-corrected chi connectivity index (χ3v) is 14.7. The van der Waals surface area contributed by atoms with Gasteiger partial charge in [0.2, 0.25) is 0 Å². The molecule has 0 spiro atoms. The summed E-state index contributed by atoms with van der Waals surface area (Å²) in [7, 11) is -3.57. The molecule has 0 radical (unpaired) electrons. The summed E-state index contributed by atoms with van der Waals surface area (Å²) >= 11 is 0. The topological polar surface area (TPSA) is 83.8 Å². The molecule has 2 N–H and O–H groups in total. The molecule has 0 aromatic heterocycles. The molecule has 0 amide bonds. The van der Waals surface area contributed by atoms with Gasteiger partial charge in [-0.2, -0.15) is 0 Å². The number of benzene rings is 1. The summed E-state index contributed by atoms with van der Waals surface area (Å²) < 4.78 is 33.5. The predicted octanol–water partition coefficient (Wildman–Crippen LogP) is 5.78. The number of aliphatic hydroxyl groups is 2. The lowest BCUT2D eigenvalue weighted by atomic mass is 9.44. The molecule has 4 aliphatic carbocycles. The smallest absolute Gasteiger partial charge is 0.181 e. The van der Waals surface area contributed by atoms with Crippen molar-refractivity contribution >= 4 is 9.84 Å². The van der Waals surface area contributed by atoms with Crippen LogP contribution in [0.25, 0.3) is 0 Å². The van der Waals surface area contributed by atoms with Gasteiger partial charge in [0.15, 0.2) is 9.84 Å². The zero-order valence-electron chi connectivity index (χ0n) is 23.4. The molecule has 38 heavy (non-hydrogen) atoms. The van der Waals surface area contributed by atoms with Crippen LogP contribution >= 0.6 is 0 Å². The van der Waals surface area contributed by atoms with Gasteiger partial charge in [-0.05, 0) is 123 Å². The van der Waals surface area contributed by atoms with Crippen LogP contribution < -0.4 is 0 Å². The number of fused-ring (bicyclic) bond motifs is 5. The number of sulfone groups is 1. The normalized spacial score (nSPS) is 45.7. The van der Waals surface area contributed by atoms with Crippen molar-refractivity contribution in [3.8, 4) is 0 Å². The molecule has 1 heterocycles. The van der Waals surface area contributed by atoms with Gasteiger partial charge < -0.3 is 14.9 Å². The first kappa shape index (κ1) is 27.2. The van der Waals surface area contributed by atoms with Gasteiger partial charge in [-0.15, -0.1) is 0 Å². The molecule has 5 fully saturated rings. The molecule has 4 saturated carbocycles. The Morgan fingerprint density at radius 1 is 0.947 bits per heavy atom. The zero-order valence-corrected chi connectivity index (χ0v) is 24.2. The second-order valence-electron chi connectivity index (χ2n) is 14.4. The highest BCUT2D eigenvalue weighted by atomic mass is 32.2. The molecule has 1 aromatic carbocycles. The first-order valence-corrected chi connectivity index (χ1v) is 16.9. The van der Waals surface area contributed by atoms with Crippen molar-refractivity contribution < 1.29 is 23.4 Å². The highest BCUT2D eigenvalue weighted by molar-refractivity contribution is 7.92. The molecule has 1 aromatic rings. The number of aliphatic hydroxyl groups excluding tert-OH is 1. The Hall–Kier alpha value is -0.950. The average molecular weight is 545 g/mol. The first-order valence-electron chi connectivity index (χ1n) is 15.3. The summed E-state index contributed by atoms with van der Waals surface area (Å²) in [5.74, 6) is 3.15. The maximum atomic E-state index is 14.0. The molecule has 6 heteroatoms. The number of rotatable bonds is 6. The molecule has 212 valence electrons. The van der Waals surface area contributed by atoms with E-state index in [0.717, 1.165) is 37.5 Å². The third kappa shape index (κ3) is 4.50. The first-order chi connectivity index (χ1) is 18.1. The fraction of sp³-hybridized carbons (Fsp3) is 0.812. The Morgan fingerprint density at radius 3 is 2.42 bits per heavy atom. The van der Waals surface area contributed by atoms with E-state index >= 15 is 0 Å². The minimum Gasteiger partial charge on any atom is -0.393 e.